The summed E-state index contributed by atoms with van der Waals surface area (Å²) in [6.07, 6.45) is 0.0385. The van der Waals surface area contributed by atoms with E-state index in [1.807, 2.05) is 6.07 Å². The maximum absolute atomic E-state index is 12.7. The zero-order valence-corrected chi connectivity index (χ0v) is 16.0. The van der Waals surface area contributed by atoms with Gasteiger partial charge >= 0.3 is 12.0 Å². The Kier molecular flexibility index (Phi) is 7.67. The van der Waals surface area contributed by atoms with Crippen molar-refractivity contribution in [1.29, 1.82) is 0 Å². The lowest BCUT2D eigenvalue weighted by Crippen LogP contribution is -2.41. The van der Waals surface area contributed by atoms with E-state index in [1.54, 1.807) is 54.6 Å². The Balaban J connectivity index is 2.32. The first-order valence-corrected chi connectivity index (χ1v) is 8.73. The molecule has 8 nitrogen and oxygen atoms in total. The zero-order chi connectivity index (χ0) is 21.2. The molecule has 0 fully saturated rings. The highest BCUT2D eigenvalue weighted by atomic mass is 16.5. The third-order valence-electron chi connectivity index (χ3n) is 3.67. The molecule has 0 aliphatic heterocycles. The Hall–Kier alpha value is -3.94. The van der Waals surface area contributed by atoms with Crippen LogP contribution in [0.4, 0.5) is 4.79 Å². The molecule has 3 N–H and O–H groups in total. The van der Waals surface area contributed by atoms with Crippen LogP contribution in [0.5, 0.6) is 0 Å². The Morgan fingerprint density at radius 3 is 2.03 bits per heavy atom. The minimum absolute atomic E-state index is 0.141. The van der Waals surface area contributed by atoms with Gasteiger partial charge in [0, 0.05) is 19.5 Å². The number of carbonyl (C=O) groups is 4. The quantitative estimate of drug-likeness (QED) is 0.511. The first-order valence-electron chi connectivity index (χ1n) is 8.73. The maximum atomic E-state index is 12.7. The standard InChI is InChI=1S/C21H21N3O5/c1-14(25)23-17(13-15-9-5-3-6-10-15)20(27)29-18(16-11-7-4-8-12-16)19(26)24-21(28)22-2/h3-13,18H,1-2H3,(H,23,25)(H2,22,24,26,28)/b17-13-/t18-/m1/s1. The van der Waals surface area contributed by atoms with Crippen molar-refractivity contribution in [3.05, 3.63) is 77.5 Å². The van der Waals surface area contributed by atoms with Crippen molar-refractivity contribution in [3.8, 4) is 0 Å². The molecule has 2 rings (SSSR count). The van der Waals surface area contributed by atoms with Crippen molar-refractivity contribution in [1.82, 2.24) is 16.0 Å². The Bertz CT molecular complexity index is 910. The van der Waals surface area contributed by atoms with Crippen molar-refractivity contribution in [2.45, 2.75) is 13.0 Å². The number of ether oxygens (including phenoxy) is 1. The summed E-state index contributed by atoms with van der Waals surface area (Å²) in [7, 11) is 1.35. The topological polar surface area (TPSA) is 114 Å². The average molecular weight is 395 g/mol. The molecule has 29 heavy (non-hydrogen) atoms. The van der Waals surface area contributed by atoms with Crippen LogP contribution in [0.15, 0.2) is 66.4 Å². The van der Waals surface area contributed by atoms with Gasteiger partial charge in [0.15, 0.2) is 0 Å². The zero-order valence-electron chi connectivity index (χ0n) is 16.0. The van der Waals surface area contributed by atoms with E-state index in [0.717, 1.165) is 0 Å². The molecule has 0 aromatic heterocycles. The van der Waals surface area contributed by atoms with Gasteiger partial charge in [-0.1, -0.05) is 60.7 Å². The largest absolute Gasteiger partial charge is 0.443 e. The monoisotopic (exact) mass is 395 g/mol. The van der Waals surface area contributed by atoms with Gasteiger partial charge in [0.2, 0.25) is 12.0 Å². The second kappa shape index (κ2) is 10.4. The summed E-state index contributed by atoms with van der Waals surface area (Å²) in [4.78, 5) is 48.3. The number of nitrogens with one attached hydrogen (secondary N) is 3. The summed E-state index contributed by atoms with van der Waals surface area (Å²) < 4.78 is 5.36. The van der Waals surface area contributed by atoms with Gasteiger partial charge in [0.25, 0.3) is 5.91 Å². The summed E-state index contributed by atoms with van der Waals surface area (Å²) in [5.74, 6) is -2.23. The lowest BCUT2D eigenvalue weighted by molar-refractivity contribution is -0.153. The van der Waals surface area contributed by atoms with Gasteiger partial charge in [-0.25, -0.2) is 9.59 Å². The van der Waals surface area contributed by atoms with E-state index >= 15 is 0 Å². The Morgan fingerprint density at radius 1 is 0.897 bits per heavy atom. The second-order valence-corrected chi connectivity index (χ2v) is 5.91. The molecule has 0 radical (unpaired) electrons. The van der Waals surface area contributed by atoms with Crippen LogP contribution in [0.1, 0.15) is 24.2 Å². The highest BCUT2D eigenvalue weighted by Crippen LogP contribution is 2.19. The van der Waals surface area contributed by atoms with Crippen LogP contribution in [0.3, 0.4) is 0 Å². The van der Waals surface area contributed by atoms with Crippen LogP contribution in [-0.4, -0.2) is 30.9 Å². The van der Waals surface area contributed by atoms with Crippen molar-refractivity contribution < 1.29 is 23.9 Å². The molecule has 8 heteroatoms. The van der Waals surface area contributed by atoms with Gasteiger partial charge in [-0.15, -0.1) is 0 Å². The number of hydrogen-bond acceptors (Lipinski definition) is 5. The number of benzene rings is 2. The number of carbonyl (C=O) groups excluding carboxylic acids is 4. The van der Waals surface area contributed by atoms with E-state index in [9.17, 15) is 19.2 Å². The summed E-state index contributed by atoms with van der Waals surface area (Å²) in [6, 6.07) is 16.3. The fraction of sp³-hybridized carbons (Fsp3) is 0.143. The minimum Gasteiger partial charge on any atom is -0.443 e. The molecule has 0 saturated heterocycles. The lowest BCUT2D eigenvalue weighted by atomic mass is 10.1. The van der Waals surface area contributed by atoms with E-state index in [4.69, 9.17) is 4.74 Å². The van der Waals surface area contributed by atoms with Crippen molar-refractivity contribution in [2.24, 2.45) is 0 Å². The molecule has 0 unspecified atom stereocenters. The van der Waals surface area contributed by atoms with Crippen LogP contribution in [0, 0.1) is 0 Å². The smallest absolute Gasteiger partial charge is 0.355 e. The molecule has 0 heterocycles. The minimum atomic E-state index is -1.39. The van der Waals surface area contributed by atoms with Crippen molar-refractivity contribution >= 4 is 29.9 Å². The molecule has 0 saturated carbocycles. The van der Waals surface area contributed by atoms with Crippen LogP contribution < -0.4 is 16.0 Å². The van der Waals surface area contributed by atoms with E-state index in [2.05, 4.69) is 16.0 Å². The number of amides is 4. The molecular weight excluding hydrogens is 374 g/mol. The van der Waals surface area contributed by atoms with Gasteiger partial charge < -0.3 is 15.4 Å². The number of urea groups is 1. The van der Waals surface area contributed by atoms with Crippen LogP contribution in [-0.2, 0) is 19.1 Å². The Labute approximate surface area is 167 Å². The SMILES string of the molecule is CNC(=O)NC(=O)[C@H](OC(=O)/C(=C/c1ccccc1)NC(C)=O)c1ccccc1. The molecule has 1 atom stereocenters. The average Bonchev–Trinajstić information content (AvgIpc) is 2.72. The molecule has 2 aromatic rings. The summed E-state index contributed by atoms with van der Waals surface area (Å²) in [6.45, 7) is 1.25. The molecule has 0 aliphatic carbocycles. The molecule has 0 spiro atoms. The molecule has 0 bridgehead atoms. The first kappa shape index (κ1) is 21.4. The highest BCUT2D eigenvalue weighted by Gasteiger charge is 2.28. The van der Waals surface area contributed by atoms with Gasteiger partial charge in [-0.3, -0.25) is 14.9 Å². The van der Waals surface area contributed by atoms with Crippen molar-refractivity contribution in [3.63, 3.8) is 0 Å². The van der Waals surface area contributed by atoms with Gasteiger partial charge in [-0.05, 0) is 11.6 Å². The third-order valence-corrected chi connectivity index (χ3v) is 3.67. The predicted octanol–water partition coefficient (Wildman–Crippen LogP) is 1.90. The molecule has 150 valence electrons. The van der Waals surface area contributed by atoms with Crippen LogP contribution in [0.2, 0.25) is 0 Å². The number of imide groups is 1. The van der Waals surface area contributed by atoms with E-state index < -0.39 is 29.9 Å². The normalized spacial score (nSPS) is 11.7. The van der Waals surface area contributed by atoms with E-state index in [0.29, 0.717) is 11.1 Å². The van der Waals surface area contributed by atoms with Gasteiger partial charge in [0.1, 0.15) is 5.70 Å². The molecule has 0 aliphatic rings. The molecule has 2 aromatic carbocycles. The number of rotatable bonds is 6. The first-order chi connectivity index (χ1) is 13.9. The summed E-state index contributed by atoms with van der Waals surface area (Å²) in [5.41, 5.74) is 0.876. The second-order valence-electron chi connectivity index (χ2n) is 5.91. The van der Waals surface area contributed by atoms with Gasteiger partial charge in [0.05, 0.1) is 0 Å². The van der Waals surface area contributed by atoms with Crippen LogP contribution >= 0.6 is 0 Å². The van der Waals surface area contributed by atoms with Crippen molar-refractivity contribution in [2.75, 3.05) is 7.05 Å². The van der Waals surface area contributed by atoms with Crippen LogP contribution in [0.25, 0.3) is 6.08 Å². The number of esters is 1. The van der Waals surface area contributed by atoms with Gasteiger partial charge in [-0.2, -0.15) is 0 Å². The number of hydrogen-bond donors (Lipinski definition) is 3. The fourth-order valence-electron chi connectivity index (χ4n) is 2.36. The molecule has 4 amide bonds. The lowest BCUT2D eigenvalue weighted by Gasteiger charge is -2.18. The summed E-state index contributed by atoms with van der Waals surface area (Å²) >= 11 is 0. The highest BCUT2D eigenvalue weighted by molar-refractivity contribution is 6.01. The summed E-state index contributed by atoms with van der Waals surface area (Å²) in [5, 5.41) is 6.76. The Morgan fingerprint density at radius 2 is 1.48 bits per heavy atom. The molecular formula is C21H21N3O5. The maximum Gasteiger partial charge on any atom is 0.355 e. The third kappa shape index (κ3) is 6.62. The fourth-order valence-corrected chi connectivity index (χ4v) is 2.36. The van der Waals surface area contributed by atoms with E-state index in [-0.39, 0.29) is 5.70 Å². The predicted molar refractivity (Wildman–Crippen MR) is 106 cm³/mol. The van der Waals surface area contributed by atoms with E-state index in [1.165, 1.54) is 20.0 Å².